The summed E-state index contributed by atoms with van der Waals surface area (Å²) in [4.78, 5) is 16.9. The van der Waals surface area contributed by atoms with Crippen LogP contribution in [-0.4, -0.2) is 15.3 Å². The molecule has 0 spiro atoms. The van der Waals surface area contributed by atoms with Gasteiger partial charge in [0, 0.05) is 23.6 Å². The van der Waals surface area contributed by atoms with Gasteiger partial charge in [0.05, 0.1) is 12.1 Å². The number of imidazole rings is 1. The third-order valence-corrected chi connectivity index (χ3v) is 4.25. The molecule has 1 N–H and O–H groups in total. The summed E-state index contributed by atoms with van der Waals surface area (Å²) < 4.78 is 2.02. The van der Waals surface area contributed by atoms with Gasteiger partial charge in [0.1, 0.15) is 5.65 Å². The number of carbonyl (C=O) groups is 1. The first-order valence-electron chi connectivity index (χ1n) is 8.57. The van der Waals surface area contributed by atoms with Gasteiger partial charge in [0.15, 0.2) is 0 Å². The van der Waals surface area contributed by atoms with E-state index in [1.54, 1.807) is 0 Å². The highest BCUT2D eigenvalue weighted by molar-refractivity contribution is 5.92. The molecular weight excluding hydrogens is 322 g/mol. The quantitative estimate of drug-likeness (QED) is 0.594. The number of amides is 1. The molecule has 2 aromatic heterocycles. The van der Waals surface area contributed by atoms with Crippen molar-refractivity contribution in [3.8, 4) is 11.3 Å². The SMILES string of the molecule is Cc1ccc2nc(-c3cccc(NC(=O)Cc4ccccc4)c3)cn2c1. The highest BCUT2D eigenvalue weighted by atomic mass is 16.1. The maximum atomic E-state index is 12.3. The van der Waals surface area contributed by atoms with Crippen LogP contribution in [0, 0.1) is 6.92 Å². The van der Waals surface area contributed by atoms with E-state index in [9.17, 15) is 4.79 Å². The Labute approximate surface area is 152 Å². The summed E-state index contributed by atoms with van der Waals surface area (Å²) in [5.74, 6) is -0.0287. The van der Waals surface area contributed by atoms with Crippen LogP contribution in [-0.2, 0) is 11.2 Å². The fourth-order valence-electron chi connectivity index (χ4n) is 2.98. The summed E-state index contributed by atoms with van der Waals surface area (Å²) in [6, 6.07) is 21.6. The normalized spacial score (nSPS) is 10.8. The number of nitrogens with zero attached hydrogens (tertiary/aromatic N) is 2. The molecule has 4 nitrogen and oxygen atoms in total. The molecule has 0 aliphatic rings. The summed E-state index contributed by atoms with van der Waals surface area (Å²) >= 11 is 0. The molecule has 0 unspecified atom stereocenters. The molecule has 0 radical (unpaired) electrons. The van der Waals surface area contributed by atoms with Crippen LogP contribution in [0.2, 0.25) is 0 Å². The third-order valence-electron chi connectivity index (χ3n) is 4.25. The molecule has 0 saturated heterocycles. The molecule has 0 aliphatic carbocycles. The smallest absolute Gasteiger partial charge is 0.228 e. The number of aryl methyl sites for hydroxylation is 1. The van der Waals surface area contributed by atoms with Gasteiger partial charge in [-0.1, -0.05) is 48.5 Å². The Morgan fingerprint density at radius 1 is 1.00 bits per heavy atom. The summed E-state index contributed by atoms with van der Waals surface area (Å²) in [6.45, 7) is 2.06. The fourth-order valence-corrected chi connectivity index (χ4v) is 2.98. The molecule has 0 saturated carbocycles. The number of benzene rings is 2. The monoisotopic (exact) mass is 341 g/mol. The Bertz CT molecular complexity index is 1070. The minimum atomic E-state index is -0.0287. The molecule has 26 heavy (non-hydrogen) atoms. The van der Waals surface area contributed by atoms with E-state index < -0.39 is 0 Å². The topological polar surface area (TPSA) is 46.4 Å². The van der Waals surface area contributed by atoms with E-state index >= 15 is 0 Å². The van der Waals surface area contributed by atoms with Gasteiger partial charge in [-0.05, 0) is 36.2 Å². The van der Waals surface area contributed by atoms with E-state index in [0.717, 1.165) is 28.2 Å². The number of aromatic nitrogens is 2. The van der Waals surface area contributed by atoms with E-state index in [-0.39, 0.29) is 5.91 Å². The van der Waals surface area contributed by atoms with Crippen molar-refractivity contribution in [3.05, 3.63) is 90.3 Å². The lowest BCUT2D eigenvalue weighted by Gasteiger charge is -2.06. The fraction of sp³-hybridized carbons (Fsp3) is 0.0909. The lowest BCUT2D eigenvalue weighted by Crippen LogP contribution is -2.14. The summed E-state index contributed by atoms with van der Waals surface area (Å²) in [5, 5.41) is 2.97. The van der Waals surface area contributed by atoms with Crippen molar-refractivity contribution < 1.29 is 4.79 Å². The zero-order valence-corrected chi connectivity index (χ0v) is 14.5. The van der Waals surface area contributed by atoms with Crippen LogP contribution in [0.25, 0.3) is 16.9 Å². The number of hydrogen-bond acceptors (Lipinski definition) is 2. The number of rotatable bonds is 4. The number of nitrogens with one attached hydrogen (secondary N) is 1. The summed E-state index contributed by atoms with van der Waals surface area (Å²) in [7, 11) is 0. The van der Waals surface area contributed by atoms with Crippen LogP contribution in [0.1, 0.15) is 11.1 Å². The number of fused-ring (bicyclic) bond motifs is 1. The van der Waals surface area contributed by atoms with E-state index in [4.69, 9.17) is 0 Å². The number of carbonyl (C=O) groups excluding carboxylic acids is 1. The maximum Gasteiger partial charge on any atom is 0.228 e. The largest absolute Gasteiger partial charge is 0.326 e. The Kier molecular flexibility index (Phi) is 4.23. The zero-order chi connectivity index (χ0) is 17.9. The van der Waals surface area contributed by atoms with E-state index in [1.807, 2.05) is 77.3 Å². The van der Waals surface area contributed by atoms with Gasteiger partial charge in [-0.25, -0.2) is 4.98 Å². The Morgan fingerprint density at radius 3 is 2.69 bits per heavy atom. The van der Waals surface area contributed by atoms with Crippen molar-refractivity contribution in [2.75, 3.05) is 5.32 Å². The van der Waals surface area contributed by atoms with Crippen LogP contribution in [0.15, 0.2) is 79.1 Å². The minimum Gasteiger partial charge on any atom is -0.326 e. The van der Waals surface area contributed by atoms with Crippen LogP contribution >= 0.6 is 0 Å². The van der Waals surface area contributed by atoms with Crippen molar-refractivity contribution in [3.63, 3.8) is 0 Å². The second kappa shape index (κ2) is 6.84. The molecule has 4 aromatic rings. The molecule has 128 valence electrons. The van der Waals surface area contributed by atoms with Crippen LogP contribution in [0.3, 0.4) is 0 Å². The average Bonchev–Trinajstić information content (AvgIpc) is 3.06. The second-order valence-corrected chi connectivity index (χ2v) is 6.39. The number of pyridine rings is 1. The first-order chi connectivity index (χ1) is 12.7. The van der Waals surface area contributed by atoms with Crippen molar-refractivity contribution in [2.24, 2.45) is 0 Å². The molecule has 2 heterocycles. The molecule has 0 fully saturated rings. The van der Waals surface area contributed by atoms with E-state index in [2.05, 4.69) is 23.4 Å². The molecule has 1 amide bonds. The van der Waals surface area contributed by atoms with Crippen molar-refractivity contribution >= 4 is 17.2 Å². The lowest BCUT2D eigenvalue weighted by molar-refractivity contribution is -0.115. The summed E-state index contributed by atoms with van der Waals surface area (Å²) in [5.41, 5.74) is 5.72. The minimum absolute atomic E-state index is 0.0287. The number of anilines is 1. The predicted octanol–water partition coefficient (Wildman–Crippen LogP) is 4.49. The zero-order valence-electron chi connectivity index (χ0n) is 14.5. The van der Waals surface area contributed by atoms with Crippen molar-refractivity contribution in [1.82, 2.24) is 9.38 Å². The second-order valence-electron chi connectivity index (χ2n) is 6.39. The van der Waals surface area contributed by atoms with E-state index in [1.165, 1.54) is 5.56 Å². The Hall–Kier alpha value is -3.40. The van der Waals surface area contributed by atoms with Gasteiger partial charge >= 0.3 is 0 Å². The first kappa shape index (κ1) is 16.1. The van der Waals surface area contributed by atoms with Gasteiger partial charge in [0.25, 0.3) is 0 Å². The first-order valence-corrected chi connectivity index (χ1v) is 8.57. The number of hydrogen-bond donors (Lipinski definition) is 1. The third kappa shape index (κ3) is 3.49. The van der Waals surface area contributed by atoms with Crippen LogP contribution in [0.5, 0.6) is 0 Å². The highest BCUT2D eigenvalue weighted by Crippen LogP contribution is 2.23. The summed E-state index contributed by atoms with van der Waals surface area (Å²) in [6.07, 6.45) is 4.42. The lowest BCUT2D eigenvalue weighted by atomic mass is 10.1. The molecular formula is C22H19N3O. The molecule has 4 heteroatoms. The van der Waals surface area contributed by atoms with Gasteiger partial charge in [-0.15, -0.1) is 0 Å². The standard InChI is InChI=1S/C22H19N3O/c1-16-10-11-21-24-20(15-25(21)14-16)18-8-5-9-19(13-18)23-22(26)12-17-6-3-2-4-7-17/h2-11,13-15H,12H2,1H3,(H,23,26). The average molecular weight is 341 g/mol. The van der Waals surface area contributed by atoms with Crippen molar-refractivity contribution in [1.29, 1.82) is 0 Å². The predicted molar refractivity (Wildman–Crippen MR) is 104 cm³/mol. The van der Waals surface area contributed by atoms with Gasteiger partial charge in [-0.2, -0.15) is 0 Å². The maximum absolute atomic E-state index is 12.3. The molecule has 0 aliphatic heterocycles. The van der Waals surface area contributed by atoms with E-state index in [0.29, 0.717) is 6.42 Å². The van der Waals surface area contributed by atoms with Gasteiger partial charge in [-0.3, -0.25) is 4.79 Å². The van der Waals surface area contributed by atoms with Crippen LogP contribution in [0.4, 0.5) is 5.69 Å². The molecule has 2 aromatic carbocycles. The molecule has 0 atom stereocenters. The van der Waals surface area contributed by atoms with Crippen molar-refractivity contribution in [2.45, 2.75) is 13.3 Å². The van der Waals surface area contributed by atoms with Gasteiger partial charge < -0.3 is 9.72 Å². The molecule has 0 bridgehead atoms. The Balaban J connectivity index is 1.55. The highest BCUT2D eigenvalue weighted by Gasteiger charge is 2.08. The Morgan fingerprint density at radius 2 is 1.85 bits per heavy atom. The van der Waals surface area contributed by atoms with Gasteiger partial charge in [0.2, 0.25) is 5.91 Å². The van der Waals surface area contributed by atoms with Crippen LogP contribution < -0.4 is 5.32 Å². The molecule has 4 rings (SSSR count).